The third-order valence-electron chi connectivity index (χ3n) is 3.18. The van der Waals surface area contributed by atoms with Crippen LogP contribution >= 0.6 is 0 Å². The molecule has 4 heteroatoms. The lowest BCUT2D eigenvalue weighted by Gasteiger charge is -2.10. The average molecular weight is 256 g/mol. The fourth-order valence-electron chi connectivity index (χ4n) is 2.13. The molecule has 2 aromatic rings. The number of aromatic carboxylic acids is 1. The summed E-state index contributed by atoms with van der Waals surface area (Å²) in [4.78, 5) is 11.3. The van der Waals surface area contributed by atoms with Crippen LogP contribution in [0.15, 0.2) is 24.3 Å². The van der Waals surface area contributed by atoms with E-state index in [9.17, 15) is 9.90 Å². The van der Waals surface area contributed by atoms with Gasteiger partial charge in [-0.15, -0.1) is 0 Å². The minimum Gasteiger partial charge on any atom is -0.477 e. The van der Waals surface area contributed by atoms with Gasteiger partial charge in [-0.2, -0.15) is 5.26 Å². The number of hydrogen-bond donors (Lipinski definition) is 1. The standard InChI is InChI=1S/C15H16N2O2/c1-10(2)5-6-17-13-7-11(9-16)3-4-12(13)8-14(17)15(18)19/h3-4,7-8,10H,5-6H2,1-2H3,(H,18,19). The van der Waals surface area contributed by atoms with Gasteiger partial charge in [0, 0.05) is 17.4 Å². The van der Waals surface area contributed by atoms with Crippen LogP contribution in [0.4, 0.5) is 0 Å². The average Bonchev–Trinajstić information content (AvgIpc) is 2.74. The molecule has 0 aliphatic rings. The molecule has 0 fully saturated rings. The zero-order valence-corrected chi connectivity index (χ0v) is 11.1. The Bertz CT molecular complexity index is 663. The number of rotatable bonds is 4. The smallest absolute Gasteiger partial charge is 0.352 e. The van der Waals surface area contributed by atoms with Gasteiger partial charge in [-0.3, -0.25) is 0 Å². The highest BCUT2D eigenvalue weighted by Gasteiger charge is 2.15. The van der Waals surface area contributed by atoms with E-state index in [2.05, 4.69) is 19.9 Å². The zero-order valence-electron chi connectivity index (χ0n) is 11.1. The molecule has 19 heavy (non-hydrogen) atoms. The third kappa shape index (κ3) is 2.60. The van der Waals surface area contributed by atoms with Gasteiger partial charge in [0.25, 0.3) is 0 Å². The minimum absolute atomic E-state index is 0.283. The molecule has 0 amide bonds. The molecule has 0 spiro atoms. The van der Waals surface area contributed by atoms with Crippen molar-refractivity contribution in [2.45, 2.75) is 26.8 Å². The third-order valence-corrected chi connectivity index (χ3v) is 3.18. The van der Waals surface area contributed by atoms with E-state index >= 15 is 0 Å². The monoisotopic (exact) mass is 256 g/mol. The molecule has 98 valence electrons. The van der Waals surface area contributed by atoms with Gasteiger partial charge in [0.2, 0.25) is 0 Å². The van der Waals surface area contributed by atoms with E-state index in [1.165, 1.54) is 0 Å². The highest BCUT2D eigenvalue weighted by Crippen LogP contribution is 2.22. The first-order valence-corrected chi connectivity index (χ1v) is 6.29. The summed E-state index contributed by atoms with van der Waals surface area (Å²) >= 11 is 0. The van der Waals surface area contributed by atoms with E-state index in [4.69, 9.17) is 5.26 Å². The van der Waals surface area contributed by atoms with Crippen molar-refractivity contribution in [2.24, 2.45) is 5.92 Å². The Labute approximate surface area is 111 Å². The number of benzene rings is 1. The summed E-state index contributed by atoms with van der Waals surface area (Å²) in [7, 11) is 0. The van der Waals surface area contributed by atoms with E-state index in [0.717, 1.165) is 17.3 Å². The predicted molar refractivity (Wildman–Crippen MR) is 73.1 cm³/mol. The maximum atomic E-state index is 11.3. The van der Waals surface area contributed by atoms with E-state index in [-0.39, 0.29) is 5.69 Å². The molecule has 1 aromatic heterocycles. The Kier molecular flexibility index (Phi) is 3.57. The second kappa shape index (κ2) is 5.15. The molecule has 0 saturated carbocycles. The molecule has 1 N–H and O–H groups in total. The van der Waals surface area contributed by atoms with Gasteiger partial charge in [-0.05, 0) is 30.5 Å². The lowest BCUT2D eigenvalue weighted by Crippen LogP contribution is -2.09. The van der Waals surface area contributed by atoms with Crippen molar-refractivity contribution >= 4 is 16.9 Å². The number of nitrogens with zero attached hydrogens (tertiary/aromatic N) is 2. The van der Waals surface area contributed by atoms with E-state index in [1.54, 1.807) is 28.8 Å². The Morgan fingerprint density at radius 3 is 2.74 bits per heavy atom. The van der Waals surface area contributed by atoms with Crippen LogP contribution in [0.25, 0.3) is 10.9 Å². The van der Waals surface area contributed by atoms with Gasteiger partial charge in [0.15, 0.2) is 0 Å². The molecule has 0 unspecified atom stereocenters. The van der Waals surface area contributed by atoms with Crippen LogP contribution in [0.2, 0.25) is 0 Å². The Morgan fingerprint density at radius 2 is 2.16 bits per heavy atom. The summed E-state index contributed by atoms with van der Waals surface area (Å²) in [5.74, 6) is -0.434. The van der Waals surface area contributed by atoms with E-state index in [0.29, 0.717) is 18.0 Å². The van der Waals surface area contributed by atoms with Crippen LogP contribution < -0.4 is 0 Å². The topological polar surface area (TPSA) is 66.0 Å². The SMILES string of the molecule is CC(C)CCn1c(C(=O)O)cc2ccc(C#N)cc21. The van der Waals surface area contributed by atoms with Gasteiger partial charge >= 0.3 is 5.97 Å². The van der Waals surface area contributed by atoms with Gasteiger partial charge in [-0.1, -0.05) is 19.9 Å². The summed E-state index contributed by atoms with van der Waals surface area (Å²) in [6, 6.07) is 9.01. The second-order valence-corrected chi connectivity index (χ2v) is 5.05. The Morgan fingerprint density at radius 1 is 1.42 bits per heavy atom. The lowest BCUT2D eigenvalue weighted by molar-refractivity contribution is 0.0685. The second-order valence-electron chi connectivity index (χ2n) is 5.05. The lowest BCUT2D eigenvalue weighted by atomic mass is 10.1. The van der Waals surface area contributed by atoms with Crippen molar-refractivity contribution in [1.82, 2.24) is 4.57 Å². The summed E-state index contributed by atoms with van der Waals surface area (Å²) in [6.07, 6.45) is 0.904. The van der Waals surface area contributed by atoms with Crippen LogP contribution in [0.1, 0.15) is 36.3 Å². The van der Waals surface area contributed by atoms with Crippen molar-refractivity contribution in [3.8, 4) is 6.07 Å². The quantitative estimate of drug-likeness (QED) is 0.913. The van der Waals surface area contributed by atoms with Crippen LogP contribution in [-0.2, 0) is 6.54 Å². The van der Waals surface area contributed by atoms with Crippen molar-refractivity contribution in [3.05, 3.63) is 35.5 Å². The molecule has 1 heterocycles. The first-order valence-electron chi connectivity index (χ1n) is 6.29. The number of aryl methyl sites for hydroxylation is 1. The molecule has 1 aromatic carbocycles. The van der Waals surface area contributed by atoms with Crippen molar-refractivity contribution in [2.75, 3.05) is 0 Å². The highest BCUT2D eigenvalue weighted by atomic mass is 16.4. The molecular formula is C15H16N2O2. The number of fused-ring (bicyclic) bond motifs is 1. The molecule has 2 rings (SSSR count). The Hall–Kier alpha value is -2.28. The first kappa shape index (κ1) is 13.2. The van der Waals surface area contributed by atoms with Crippen LogP contribution in [0, 0.1) is 17.2 Å². The number of nitriles is 1. The fraction of sp³-hybridized carbons (Fsp3) is 0.333. The van der Waals surface area contributed by atoms with E-state index in [1.807, 2.05) is 0 Å². The van der Waals surface area contributed by atoms with E-state index < -0.39 is 5.97 Å². The molecule has 0 bridgehead atoms. The van der Waals surface area contributed by atoms with Gasteiger partial charge in [-0.25, -0.2) is 4.79 Å². The van der Waals surface area contributed by atoms with Crippen LogP contribution in [0.5, 0.6) is 0 Å². The molecule has 0 radical (unpaired) electrons. The summed E-state index contributed by atoms with van der Waals surface area (Å²) in [5.41, 5.74) is 1.65. The number of carbonyl (C=O) groups is 1. The van der Waals surface area contributed by atoms with Crippen LogP contribution in [-0.4, -0.2) is 15.6 Å². The van der Waals surface area contributed by atoms with Crippen molar-refractivity contribution in [3.63, 3.8) is 0 Å². The molecule has 0 aliphatic carbocycles. The summed E-state index contributed by atoms with van der Waals surface area (Å²) < 4.78 is 1.79. The maximum Gasteiger partial charge on any atom is 0.352 e. The van der Waals surface area contributed by atoms with Crippen molar-refractivity contribution in [1.29, 1.82) is 5.26 Å². The molecular weight excluding hydrogens is 240 g/mol. The normalized spacial score (nSPS) is 10.8. The number of carboxylic acid groups (broad SMARTS) is 1. The molecule has 4 nitrogen and oxygen atoms in total. The van der Waals surface area contributed by atoms with Gasteiger partial charge in [0.1, 0.15) is 5.69 Å². The number of hydrogen-bond acceptors (Lipinski definition) is 2. The fourth-order valence-corrected chi connectivity index (χ4v) is 2.13. The molecule has 0 atom stereocenters. The van der Waals surface area contributed by atoms with Gasteiger partial charge in [0.05, 0.1) is 11.6 Å². The summed E-state index contributed by atoms with van der Waals surface area (Å²) in [6.45, 7) is 4.86. The predicted octanol–water partition coefficient (Wildman–Crippen LogP) is 3.26. The zero-order chi connectivity index (χ0) is 14.0. The summed E-state index contributed by atoms with van der Waals surface area (Å²) in [5, 5.41) is 19.1. The first-order chi connectivity index (χ1) is 9.02. The Balaban J connectivity index is 2.57. The number of carboxylic acids is 1. The van der Waals surface area contributed by atoms with Crippen LogP contribution in [0.3, 0.4) is 0 Å². The molecule has 0 aliphatic heterocycles. The minimum atomic E-state index is -0.932. The largest absolute Gasteiger partial charge is 0.477 e. The maximum absolute atomic E-state index is 11.3. The number of aromatic nitrogens is 1. The van der Waals surface area contributed by atoms with Gasteiger partial charge < -0.3 is 9.67 Å². The highest BCUT2D eigenvalue weighted by molar-refractivity contribution is 5.95. The molecule has 0 saturated heterocycles. The van der Waals surface area contributed by atoms with Crippen molar-refractivity contribution < 1.29 is 9.90 Å².